The Morgan fingerprint density at radius 3 is 1.68 bits per heavy atom. The average Bonchev–Trinajstić information content (AvgIpc) is 2.59. The Balaban J connectivity index is 3.54. The van der Waals surface area contributed by atoms with Gasteiger partial charge in [0.2, 0.25) is 0 Å². The molecule has 0 aromatic carbocycles. The highest BCUT2D eigenvalue weighted by atomic mass is 16.5. The third-order valence-corrected chi connectivity index (χ3v) is 4.61. The van der Waals surface area contributed by atoms with Gasteiger partial charge in [-0.25, -0.2) is 0 Å². The van der Waals surface area contributed by atoms with Crippen LogP contribution in [0.15, 0.2) is 0 Å². The maximum Gasteiger partial charge on any atom is 0.305 e. The van der Waals surface area contributed by atoms with Crippen molar-refractivity contribution in [1.29, 1.82) is 0 Å². The maximum absolute atomic E-state index is 11.2. The van der Waals surface area contributed by atoms with Gasteiger partial charge >= 0.3 is 11.9 Å². The highest BCUT2D eigenvalue weighted by Crippen LogP contribution is 2.16. The van der Waals surface area contributed by atoms with E-state index >= 15 is 0 Å². The minimum Gasteiger partial charge on any atom is -0.469 e. The summed E-state index contributed by atoms with van der Waals surface area (Å²) in [6.07, 6.45) is 17.3. The van der Waals surface area contributed by atoms with Crippen LogP contribution in [0.25, 0.3) is 0 Å². The Hall–Kier alpha value is -1.06. The van der Waals surface area contributed by atoms with Gasteiger partial charge in [-0.05, 0) is 19.3 Å². The van der Waals surface area contributed by atoms with E-state index in [0.717, 1.165) is 12.8 Å². The van der Waals surface area contributed by atoms with E-state index in [9.17, 15) is 9.59 Å². The van der Waals surface area contributed by atoms with Gasteiger partial charge in [0.25, 0.3) is 0 Å². The third-order valence-electron chi connectivity index (χ3n) is 4.61. The van der Waals surface area contributed by atoms with Gasteiger partial charge in [0.1, 0.15) is 6.10 Å². The lowest BCUT2D eigenvalue weighted by Gasteiger charge is -2.16. The van der Waals surface area contributed by atoms with Gasteiger partial charge in [-0.3, -0.25) is 9.59 Å². The molecule has 0 aromatic rings. The molecule has 25 heavy (non-hydrogen) atoms. The Labute approximate surface area is 155 Å². The smallest absolute Gasteiger partial charge is 0.305 e. The van der Waals surface area contributed by atoms with Gasteiger partial charge in [-0.15, -0.1) is 0 Å². The molecule has 0 N–H and O–H groups in total. The molecule has 1 unspecified atom stereocenters. The molecule has 1 atom stereocenters. The first-order valence-electron chi connectivity index (χ1n) is 10.3. The highest BCUT2D eigenvalue weighted by Gasteiger charge is 2.14. The first-order valence-corrected chi connectivity index (χ1v) is 10.3. The van der Waals surface area contributed by atoms with Crippen LogP contribution in [0, 0.1) is 0 Å². The molecular formula is C21H40O4. The van der Waals surface area contributed by atoms with Gasteiger partial charge in [-0.2, -0.15) is 0 Å². The molecule has 0 aliphatic heterocycles. The molecular weight excluding hydrogens is 316 g/mol. The molecule has 0 fully saturated rings. The monoisotopic (exact) mass is 356 g/mol. The van der Waals surface area contributed by atoms with Gasteiger partial charge in [0, 0.05) is 13.3 Å². The molecule has 4 nitrogen and oxygen atoms in total. The minimum absolute atomic E-state index is 0.153. The molecule has 0 rings (SSSR count). The van der Waals surface area contributed by atoms with Gasteiger partial charge in [0.15, 0.2) is 0 Å². The molecule has 0 amide bonds. The Morgan fingerprint density at radius 2 is 1.24 bits per heavy atom. The van der Waals surface area contributed by atoms with Crippen LogP contribution >= 0.6 is 0 Å². The van der Waals surface area contributed by atoms with Crippen LogP contribution in [0.4, 0.5) is 0 Å². The number of methoxy groups -OCH3 is 1. The van der Waals surface area contributed by atoms with Crippen molar-refractivity contribution >= 4 is 11.9 Å². The fourth-order valence-electron chi connectivity index (χ4n) is 3.09. The summed E-state index contributed by atoms with van der Waals surface area (Å²) in [6.45, 7) is 3.68. The summed E-state index contributed by atoms with van der Waals surface area (Å²) in [5.74, 6) is -0.513. The number of rotatable bonds is 17. The van der Waals surface area contributed by atoms with Crippen molar-refractivity contribution in [2.45, 2.75) is 116 Å². The zero-order valence-electron chi connectivity index (χ0n) is 16.8. The van der Waals surface area contributed by atoms with Crippen molar-refractivity contribution in [2.75, 3.05) is 7.11 Å². The summed E-state index contributed by atoms with van der Waals surface area (Å²) >= 11 is 0. The second kappa shape index (κ2) is 17.8. The van der Waals surface area contributed by atoms with E-state index in [2.05, 4.69) is 11.7 Å². The van der Waals surface area contributed by atoms with Crippen molar-refractivity contribution in [1.82, 2.24) is 0 Å². The predicted molar refractivity (Wildman–Crippen MR) is 102 cm³/mol. The molecule has 0 spiro atoms. The Morgan fingerprint density at radius 1 is 0.760 bits per heavy atom. The minimum atomic E-state index is -0.270. The average molecular weight is 357 g/mol. The largest absolute Gasteiger partial charge is 0.469 e. The summed E-state index contributed by atoms with van der Waals surface area (Å²) in [6, 6.07) is 0. The molecule has 0 aromatic heterocycles. The summed E-state index contributed by atoms with van der Waals surface area (Å²) in [7, 11) is 1.38. The van der Waals surface area contributed by atoms with Crippen molar-refractivity contribution < 1.29 is 19.1 Å². The van der Waals surface area contributed by atoms with Crippen LogP contribution in [0.2, 0.25) is 0 Å². The van der Waals surface area contributed by atoms with Crippen LogP contribution in [-0.2, 0) is 19.1 Å². The number of unbranched alkanes of at least 4 members (excludes halogenated alkanes) is 11. The van der Waals surface area contributed by atoms with Gasteiger partial charge in [0.05, 0.1) is 7.11 Å². The Kier molecular flexibility index (Phi) is 17.0. The van der Waals surface area contributed by atoms with Crippen LogP contribution in [0.5, 0.6) is 0 Å². The third kappa shape index (κ3) is 17.6. The topological polar surface area (TPSA) is 52.6 Å². The lowest BCUT2D eigenvalue weighted by Crippen LogP contribution is -2.18. The van der Waals surface area contributed by atoms with Crippen molar-refractivity contribution in [2.24, 2.45) is 0 Å². The van der Waals surface area contributed by atoms with Crippen LogP contribution in [0.3, 0.4) is 0 Å². The van der Waals surface area contributed by atoms with E-state index in [0.29, 0.717) is 12.8 Å². The number of carbonyl (C=O) groups excluding carboxylic acids is 2. The van der Waals surface area contributed by atoms with Crippen LogP contribution < -0.4 is 0 Å². The summed E-state index contributed by atoms with van der Waals surface area (Å²) in [5, 5.41) is 0. The van der Waals surface area contributed by atoms with E-state index in [-0.39, 0.29) is 18.0 Å². The summed E-state index contributed by atoms with van der Waals surface area (Å²) in [5.41, 5.74) is 0. The SMILES string of the molecule is CCCCCCCCCCCCCCC(CCC(=O)OC)OC(C)=O. The first kappa shape index (κ1) is 23.9. The number of carbonyl (C=O) groups is 2. The quantitative estimate of drug-likeness (QED) is 0.238. The number of ether oxygens (including phenoxy) is 2. The fraction of sp³-hybridized carbons (Fsp3) is 0.905. The summed E-state index contributed by atoms with van der Waals surface area (Å²) < 4.78 is 9.94. The second-order valence-electron chi connectivity index (χ2n) is 7.02. The fourth-order valence-corrected chi connectivity index (χ4v) is 3.09. The van der Waals surface area contributed by atoms with Gasteiger partial charge in [-0.1, -0.05) is 77.6 Å². The second-order valence-corrected chi connectivity index (χ2v) is 7.02. The Bertz CT molecular complexity index is 328. The molecule has 0 radical (unpaired) electrons. The number of esters is 2. The van der Waals surface area contributed by atoms with E-state index in [1.165, 1.54) is 84.7 Å². The lowest BCUT2D eigenvalue weighted by atomic mass is 10.0. The standard InChI is InChI=1S/C21H40O4/c1-4-5-6-7-8-9-10-11-12-13-14-15-16-20(25-19(2)22)17-18-21(23)24-3/h20H,4-18H2,1-3H3. The van der Waals surface area contributed by atoms with E-state index in [1.807, 2.05) is 0 Å². The molecule has 0 saturated carbocycles. The van der Waals surface area contributed by atoms with Crippen LogP contribution in [0.1, 0.15) is 110 Å². The molecule has 0 aliphatic rings. The maximum atomic E-state index is 11.2. The zero-order chi connectivity index (χ0) is 18.8. The van der Waals surface area contributed by atoms with E-state index in [4.69, 9.17) is 4.74 Å². The van der Waals surface area contributed by atoms with Crippen LogP contribution in [-0.4, -0.2) is 25.2 Å². The first-order chi connectivity index (χ1) is 12.1. The predicted octanol–water partition coefficient (Wildman–Crippen LogP) is 5.96. The van der Waals surface area contributed by atoms with E-state index < -0.39 is 0 Å². The van der Waals surface area contributed by atoms with E-state index in [1.54, 1.807) is 0 Å². The lowest BCUT2D eigenvalue weighted by molar-refractivity contribution is -0.149. The summed E-state index contributed by atoms with van der Waals surface area (Å²) in [4.78, 5) is 22.4. The molecule has 0 bridgehead atoms. The molecule has 4 heteroatoms. The van der Waals surface area contributed by atoms with Crippen molar-refractivity contribution in [3.63, 3.8) is 0 Å². The highest BCUT2D eigenvalue weighted by molar-refractivity contribution is 5.69. The number of hydrogen-bond donors (Lipinski definition) is 0. The van der Waals surface area contributed by atoms with Crippen molar-refractivity contribution in [3.05, 3.63) is 0 Å². The molecule has 0 heterocycles. The normalized spacial score (nSPS) is 12.0. The molecule has 0 aliphatic carbocycles. The zero-order valence-corrected chi connectivity index (χ0v) is 16.8. The number of hydrogen-bond acceptors (Lipinski definition) is 4. The molecule has 0 saturated heterocycles. The van der Waals surface area contributed by atoms with Gasteiger partial charge < -0.3 is 9.47 Å². The van der Waals surface area contributed by atoms with Crippen molar-refractivity contribution in [3.8, 4) is 0 Å². The molecule has 148 valence electrons.